The molecule has 0 amide bonds. The van der Waals surface area contributed by atoms with Gasteiger partial charge >= 0.3 is 0 Å². The highest BCUT2D eigenvalue weighted by molar-refractivity contribution is 7.99. The van der Waals surface area contributed by atoms with Gasteiger partial charge in [0.05, 0.1) is 19.3 Å². The molecule has 5 heteroatoms. The molecule has 0 radical (unpaired) electrons. The van der Waals surface area contributed by atoms with Crippen molar-refractivity contribution in [1.29, 1.82) is 0 Å². The summed E-state index contributed by atoms with van der Waals surface area (Å²) in [6.45, 7) is 4.29. The SMILES string of the molecule is COCCNCc1ccc(SCC(O)CO)cc1C. The number of nitrogens with one attached hydrogen (secondary N) is 1. The first-order valence-electron chi connectivity index (χ1n) is 6.38. The average Bonchev–Trinajstić information content (AvgIpc) is 2.42. The zero-order valence-electron chi connectivity index (χ0n) is 11.6. The summed E-state index contributed by atoms with van der Waals surface area (Å²) < 4.78 is 4.98. The van der Waals surface area contributed by atoms with Crippen LogP contribution < -0.4 is 5.32 Å². The van der Waals surface area contributed by atoms with Gasteiger partial charge in [-0.1, -0.05) is 6.07 Å². The van der Waals surface area contributed by atoms with E-state index < -0.39 is 6.10 Å². The normalized spacial score (nSPS) is 12.6. The molecular weight excluding hydrogens is 262 g/mol. The lowest BCUT2D eigenvalue weighted by Gasteiger charge is -2.11. The van der Waals surface area contributed by atoms with Gasteiger partial charge in [-0.3, -0.25) is 0 Å². The monoisotopic (exact) mass is 285 g/mol. The molecule has 0 saturated heterocycles. The Balaban J connectivity index is 2.45. The van der Waals surface area contributed by atoms with Crippen molar-refractivity contribution in [3.63, 3.8) is 0 Å². The van der Waals surface area contributed by atoms with Crippen molar-refractivity contribution < 1.29 is 14.9 Å². The Hall–Kier alpha value is -0.590. The number of thioether (sulfide) groups is 1. The van der Waals surface area contributed by atoms with Crippen LogP contribution in [0.4, 0.5) is 0 Å². The Morgan fingerprint density at radius 1 is 1.42 bits per heavy atom. The minimum Gasteiger partial charge on any atom is -0.394 e. The van der Waals surface area contributed by atoms with Crippen molar-refractivity contribution >= 4 is 11.8 Å². The van der Waals surface area contributed by atoms with Crippen LogP contribution in [0.3, 0.4) is 0 Å². The molecule has 1 atom stereocenters. The van der Waals surface area contributed by atoms with Crippen LogP contribution >= 0.6 is 11.8 Å². The van der Waals surface area contributed by atoms with E-state index in [1.165, 1.54) is 11.1 Å². The Labute approximate surface area is 119 Å². The molecule has 1 rings (SSSR count). The van der Waals surface area contributed by atoms with E-state index in [-0.39, 0.29) is 6.61 Å². The molecule has 4 nitrogen and oxygen atoms in total. The lowest BCUT2D eigenvalue weighted by atomic mass is 10.1. The van der Waals surface area contributed by atoms with E-state index in [0.29, 0.717) is 12.4 Å². The predicted molar refractivity (Wildman–Crippen MR) is 78.6 cm³/mol. The second-order valence-electron chi connectivity index (χ2n) is 4.41. The fourth-order valence-electron chi connectivity index (χ4n) is 1.60. The molecule has 0 aliphatic rings. The molecule has 1 aromatic carbocycles. The van der Waals surface area contributed by atoms with Gasteiger partial charge in [0, 0.05) is 30.8 Å². The van der Waals surface area contributed by atoms with Gasteiger partial charge in [0.25, 0.3) is 0 Å². The number of rotatable bonds is 9. The molecule has 0 spiro atoms. The van der Waals surface area contributed by atoms with Gasteiger partial charge in [0.2, 0.25) is 0 Å². The van der Waals surface area contributed by atoms with Gasteiger partial charge in [-0.15, -0.1) is 11.8 Å². The highest BCUT2D eigenvalue weighted by Crippen LogP contribution is 2.22. The number of hydrogen-bond acceptors (Lipinski definition) is 5. The topological polar surface area (TPSA) is 61.7 Å². The standard InChI is InChI=1S/C14H23NO3S/c1-11-7-14(19-10-13(17)9-16)4-3-12(11)8-15-5-6-18-2/h3-4,7,13,15-17H,5-6,8-10H2,1-2H3. The highest BCUT2D eigenvalue weighted by atomic mass is 32.2. The molecule has 0 bridgehead atoms. The maximum Gasteiger partial charge on any atom is 0.0864 e. The van der Waals surface area contributed by atoms with E-state index in [0.717, 1.165) is 18.0 Å². The van der Waals surface area contributed by atoms with Gasteiger partial charge < -0.3 is 20.3 Å². The van der Waals surface area contributed by atoms with Gasteiger partial charge in [-0.2, -0.15) is 0 Å². The maximum atomic E-state index is 9.32. The van der Waals surface area contributed by atoms with Gasteiger partial charge in [0.1, 0.15) is 0 Å². The summed E-state index contributed by atoms with van der Waals surface area (Å²) in [6.07, 6.45) is -0.652. The molecule has 3 N–H and O–H groups in total. The van der Waals surface area contributed by atoms with E-state index in [9.17, 15) is 5.11 Å². The third-order valence-electron chi connectivity index (χ3n) is 2.77. The van der Waals surface area contributed by atoms with Crippen LogP contribution in [0.15, 0.2) is 23.1 Å². The highest BCUT2D eigenvalue weighted by Gasteiger charge is 2.05. The average molecular weight is 285 g/mol. The Morgan fingerprint density at radius 2 is 2.21 bits per heavy atom. The van der Waals surface area contributed by atoms with Crippen LogP contribution in [-0.4, -0.2) is 48.9 Å². The molecule has 0 aliphatic heterocycles. The molecule has 1 aromatic rings. The molecular formula is C14H23NO3S. The number of ether oxygens (including phenoxy) is 1. The van der Waals surface area contributed by atoms with Gasteiger partial charge in [-0.25, -0.2) is 0 Å². The van der Waals surface area contributed by atoms with Crippen molar-refractivity contribution in [3.05, 3.63) is 29.3 Å². The first-order valence-corrected chi connectivity index (χ1v) is 7.36. The Morgan fingerprint density at radius 3 is 2.84 bits per heavy atom. The number of aliphatic hydroxyl groups is 2. The zero-order valence-corrected chi connectivity index (χ0v) is 12.4. The quantitative estimate of drug-likeness (QED) is 0.470. The predicted octanol–water partition coefficient (Wildman–Crippen LogP) is 1.18. The number of aliphatic hydroxyl groups excluding tert-OH is 2. The van der Waals surface area contributed by atoms with Gasteiger partial charge in [0.15, 0.2) is 0 Å². The lowest BCUT2D eigenvalue weighted by Crippen LogP contribution is -2.19. The van der Waals surface area contributed by atoms with Crippen LogP contribution in [0.1, 0.15) is 11.1 Å². The van der Waals surface area contributed by atoms with Crippen LogP contribution in [0, 0.1) is 6.92 Å². The van der Waals surface area contributed by atoms with E-state index in [1.807, 2.05) is 0 Å². The number of hydrogen-bond donors (Lipinski definition) is 3. The minimum absolute atomic E-state index is 0.187. The number of aryl methyl sites for hydroxylation is 1. The van der Waals surface area contributed by atoms with Crippen molar-refractivity contribution in [1.82, 2.24) is 5.32 Å². The van der Waals surface area contributed by atoms with E-state index in [1.54, 1.807) is 18.9 Å². The molecule has 0 aromatic heterocycles. The summed E-state index contributed by atoms with van der Waals surface area (Å²) in [4.78, 5) is 1.12. The molecule has 0 aliphatic carbocycles. The molecule has 0 heterocycles. The van der Waals surface area contributed by atoms with Gasteiger partial charge in [-0.05, 0) is 30.2 Å². The third kappa shape index (κ3) is 6.40. The first-order chi connectivity index (χ1) is 9.17. The number of methoxy groups -OCH3 is 1. The zero-order chi connectivity index (χ0) is 14.1. The number of benzene rings is 1. The summed E-state index contributed by atoms with van der Waals surface area (Å²) in [6, 6.07) is 6.26. The fourth-order valence-corrected chi connectivity index (χ4v) is 2.51. The summed E-state index contributed by atoms with van der Waals surface area (Å²) in [7, 11) is 1.69. The smallest absolute Gasteiger partial charge is 0.0864 e. The van der Waals surface area contributed by atoms with Crippen LogP contribution in [0.5, 0.6) is 0 Å². The largest absolute Gasteiger partial charge is 0.394 e. The summed E-state index contributed by atoms with van der Waals surface area (Å²) in [5.41, 5.74) is 2.50. The first kappa shape index (κ1) is 16.5. The Bertz CT molecular complexity index is 374. The van der Waals surface area contributed by atoms with Crippen molar-refractivity contribution in [3.8, 4) is 0 Å². The van der Waals surface area contributed by atoms with E-state index in [4.69, 9.17) is 9.84 Å². The van der Waals surface area contributed by atoms with E-state index >= 15 is 0 Å². The molecule has 19 heavy (non-hydrogen) atoms. The maximum absolute atomic E-state index is 9.32. The fraction of sp³-hybridized carbons (Fsp3) is 0.571. The summed E-state index contributed by atoms with van der Waals surface area (Å²) in [5.74, 6) is 0.515. The van der Waals surface area contributed by atoms with E-state index in [2.05, 4.69) is 30.4 Å². The van der Waals surface area contributed by atoms with Crippen LogP contribution in [-0.2, 0) is 11.3 Å². The minimum atomic E-state index is -0.652. The second-order valence-corrected chi connectivity index (χ2v) is 5.50. The van der Waals surface area contributed by atoms with Crippen LogP contribution in [0.2, 0.25) is 0 Å². The molecule has 0 saturated carbocycles. The summed E-state index contributed by atoms with van der Waals surface area (Å²) >= 11 is 1.56. The lowest BCUT2D eigenvalue weighted by molar-refractivity contribution is 0.113. The summed E-state index contributed by atoms with van der Waals surface area (Å²) in [5, 5.41) is 21.4. The van der Waals surface area contributed by atoms with Crippen molar-refractivity contribution in [2.24, 2.45) is 0 Å². The molecule has 108 valence electrons. The van der Waals surface area contributed by atoms with Crippen LogP contribution in [0.25, 0.3) is 0 Å². The second kappa shape index (κ2) is 9.34. The van der Waals surface area contributed by atoms with Crippen molar-refractivity contribution in [2.75, 3.05) is 32.6 Å². The Kier molecular flexibility index (Phi) is 8.09. The molecule has 0 fully saturated rings. The van der Waals surface area contributed by atoms with Crippen molar-refractivity contribution in [2.45, 2.75) is 24.5 Å². The molecule has 1 unspecified atom stereocenters. The third-order valence-corrected chi connectivity index (χ3v) is 3.90.